The second-order valence-electron chi connectivity index (χ2n) is 5.51. The fourth-order valence-electron chi connectivity index (χ4n) is 2.58. The van der Waals surface area contributed by atoms with E-state index in [9.17, 15) is 0 Å². The molecule has 3 aromatic rings. The van der Waals surface area contributed by atoms with Crippen LogP contribution in [0.5, 0.6) is 17.2 Å². The van der Waals surface area contributed by atoms with Gasteiger partial charge in [-0.1, -0.05) is 12.1 Å². The van der Waals surface area contributed by atoms with E-state index >= 15 is 0 Å². The van der Waals surface area contributed by atoms with Crippen molar-refractivity contribution >= 4 is 23.1 Å². The van der Waals surface area contributed by atoms with Gasteiger partial charge < -0.3 is 24.8 Å². The molecular weight excluding hydrogens is 332 g/mol. The molecule has 7 nitrogen and oxygen atoms in total. The monoisotopic (exact) mass is 350 g/mol. The van der Waals surface area contributed by atoms with Crippen molar-refractivity contribution in [1.29, 1.82) is 0 Å². The molecule has 1 aliphatic rings. The zero-order valence-corrected chi connectivity index (χ0v) is 14.2. The maximum absolute atomic E-state index is 5.63. The Morgan fingerprint density at radius 1 is 1.04 bits per heavy atom. The molecule has 26 heavy (non-hydrogen) atoms. The summed E-state index contributed by atoms with van der Waals surface area (Å²) in [4.78, 5) is 8.76. The lowest BCUT2D eigenvalue weighted by atomic mass is 10.3. The molecule has 132 valence electrons. The Hall–Kier alpha value is -3.48. The zero-order chi connectivity index (χ0) is 17.8. The van der Waals surface area contributed by atoms with Crippen LogP contribution in [0.1, 0.15) is 6.92 Å². The zero-order valence-electron chi connectivity index (χ0n) is 14.2. The fourth-order valence-corrected chi connectivity index (χ4v) is 2.58. The van der Waals surface area contributed by atoms with Crippen molar-refractivity contribution in [2.45, 2.75) is 6.92 Å². The van der Waals surface area contributed by atoms with Crippen LogP contribution in [0.15, 0.2) is 54.7 Å². The van der Waals surface area contributed by atoms with Crippen molar-refractivity contribution in [2.24, 2.45) is 0 Å². The minimum atomic E-state index is 0.244. The number of nitrogens with zero attached hydrogens (tertiary/aromatic N) is 2. The highest BCUT2D eigenvalue weighted by Crippen LogP contribution is 2.35. The molecule has 0 unspecified atom stereocenters. The standard InChI is InChI=1S/C19H18N4O3/c1-2-24-15-6-4-3-5-14(15)22-18-9-10-20-19(23-18)21-13-7-8-16-17(11-13)26-12-25-16/h3-11H,2,12H2,1H3,(H2,20,21,22,23). The van der Waals surface area contributed by atoms with E-state index in [4.69, 9.17) is 14.2 Å². The van der Waals surface area contributed by atoms with Gasteiger partial charge in [0.15, 0.2) is 11.5 Å². The number of fused-ring (bicyclic) bond motifs is 1. The number of anilines is 4. The molecule has 2 heterocycles. The summed E-state index contributed by atoms with van der Waals surface area (Å²) in [7, 11) is 0. The van der Waals surface area contributed by atoms with Crippen molar-refractivity contribution in [3.63, 3.8) is 0 Å². The molecule has 7 heteroatoms. The second-order valence-corrected chi connectivity index (χ2v) is 5.51. The van der Waals surface area contributed by atoms with E-state index in [1.807, 2.05) is 49.4 Å². The second kappa shape index (κ2) is 7.18. The van der Waals surface area contributed by atoms with Gasteiger partial charge in [-0.15, -0.1) is 0 Å². The molecule has 0 saturated carbocycles. The average Bonchev–Trinajstić information content (AvgIpc) is 3.12. The number of hydrogen-bond acceptors (Lipinski definition) is 7. The molecule has 0 atom stereocenters. The molecule has 1 aliphatic heterocycles. The van der Waals surface area contributed by atoms with Crippen LogP contribution in [0.2, 0.25) is 0 Å². The molecule has 0 spiro atoms. The van der Waals surface area contributed by atoms with Gasteiger partial charge in [0.25, 0.3) is 0 Å². The van der Waals surface area contributed by atoms with Crippen LogP contribution < -0.4 is 24.8 Å². The number of hydrogen-bond donors (Lipinski definition) is 2. The quantitative estimate of drug-likeness (QED) is 0.693. The molecule has 0 saturated heterocycles. The predicted octanol–water partition coefficient (Wildman–Crippen LogP) is 4.09. The topological polar surface area (TPSA) is 77.5 Å². The molecule has 0 aliphatic carbocycles. The molecule has 4 rings (SSSR count). The van der Waals surface area contributed by atoms with E-state index in [0.29, 0.717) is 24.1 Å². The summed E-state index contributed by atoms with van der Waals surface area (Å²) < 4.78 is 16.3. The van der Waals surface area contributed by atoms with E-state index in [1.165, 1.54) is 0 Å². The van der Waals surface area contributed by atoms with E-state index in [2.05, 4.69) is 20.6 Å². The van der Waals surface area contributed by atoms with E-state index in [0.717, 1.165) is 22.9 Å². The molecule has 0 radical (unpaired) electrons. The van der Waals surface area contributed by atoms with E-state index in [-0.39, 0.29) is 6.79 Å². The van der Waals surface area contributed by atoms with E-state index < -0.39 is 0 Å². The number of ether oxygens (including phenoxy) is 3. The van der Waals surface area contributed by atoms with Crippen LogP contribution in [-0.4, -0.2) is 23.4 Å². The van der Waals surface area contributed by atoms with E-state index in [1.54, 1.807) is 12.3 Å². The van der Waals surface area contributed by atoms with Gasteiger partial charge in [0.1, 0.15) is 11.6 Å². The predicted molar refractivity (Wildman–Crippen MR) is 98.8 cm³/mol. The lowest BCUT2D eigenvalue weighted by Crippen LogP contribution is -2.02. The number of nitrogens with one attached hydrogen (secondary N) is 2. The van der Waals surface area contributed by atoms with Gasteiger partial charge >= 0.3 is 0 Å². The van der Waals surface area contributed by atoms with Gasteiger partial charge in [0, 0.05) is 18.0 Å². The molecule has 0 bridgehead atoms. The lowest BCUT2D eigenvalue weighted by molar-refractivity contribution is 0.174. The molecule has 0 fully saturated rings. The van der Waals surface area contributed by atoms with Crippen molar-refractivity contribution in [3.05, 3.63) is 54.7 Å². The van der Waals surface area contributed by atoms with Crippen LogP contribution in [0, 0.1) is 0 Å². The number of benzene rings is 2. The largest absolute Gasteiger partial charge is 0.492 e. The number of rotatable bonds is 6. The summed E-state index contributed by atoms with van der Waals surface area (Å²) in [6, 6.07) is 15.1. The SMILES string of the molecule is CCOc1ccccc1Nc1ccnc(Nc2ccc3c(c2)OCO3)n1. The normalized spacial score (nSPS) is 11.9. The van der Waals surface area contributed by atoms with Crippen molar-refractivity contribution in [3.8, 4) is 17.2 Å². The maximum Gasteiger partial charge on any atom is 0.231 e. The van der Waals surface area contributed by atoms with Crippen LogP contribution in [0.3, 0.4) is 0 Å². The Morgan fingerprint density at radius 2 is 1.92 bits per heavy atom. The first-order valence-corrected chi connectivity index (χ1v) is 8.30. The van der Waals surface area contributed by atoms with Gasteiger partial charge in [-0.2, -0.15) is 4.98 Å². The Bertz CT molecular complexity index is 917. The fraction of sp³-hybridized carbons (Fsp3) is 0.158. The van der Waals surface area contributed by atoms with Crippen LogP contribution in [-0.2, 0) is 0 Å². The summed E-state index contributed by atoms with van der Waals surface area (Å²) >= 11 is 0. The molecule has 2 N–H and O–H groups in total. The summed E-state index contributed by atoms with van der Waals surface area (Å²) in [6.45, 7) is 2.79. The lowest BCUT2D eigenvalue weighted by Gasteiger charge is -2.12. The third kappa shape index (κ3) is 3.46. The number of para-hydroxylation sites is 2. The van der Waals surface area contributed by atoms with Gasteiger partial charge in [-0.05, 0) is 37.3 Å². The Labute approximate surface area is 151 Å². The number of aromatic nitrogens is 2. The molecule has 0 amide bonds. The highest BCUT2D eigenvalue weighted by atomic mass is 16.7. The summed E-state index contributed by atoms with van der Waals surface area (Å²) in [5.74, 6) is 3.35. The van der Waals surface area contributed by atoms with Gasteiger partial charge in [-0.3, -0.25) is 0 Å². The first-order valence-electron chi connectivity index (χ1n) is 8.30. The van der Waals surface area contributed by atoms with Gasteiger partial charge in [0.05, 0.1) is 12.3 Å². The minimum absolute atomic E-state index is 0.244. The third-order valence-electron chi connectivity index (χ3n) is 3.73. The molecule has 1 aromatic heterocycles. The maximum atomic E-state index is 5.63. The van der Waals surface area contributed by atoms with Gasteiger partial charge in [-0.25, -0.2) is 4.98 Å². The van der Waals surface area contributed by atoms with Crippen molar-refractivity contribution in [2.75, 3.05) is 24.0 Å². The Balaban J connectivity index is 1.52. The minimum Gasteiger partial charge on any atom is -0.492 e. The first-order chi connectivity index (χ1) is 12.8. The molecular formula is C19H18N4O3. The summed E-state index contributed by atoms with van der Waals surface area (Å²) in [6.07, 6.45) is 1.69. The van der Waals surface area contributed by atoms with Crippen molar-refractivity contribution in [1.82, 2.24) is 9.97 Å². The Morgan fingerprint density at radius 3 is 2.85 bits per heavy atom. The summed E-state index contributed by atoms with van der Waals surface area (Å²) in [5.41, 5.74) is 1.67. The Kier molecular flexibility index (Phi) is 4.42. The van der Waals surface area contributed by atoms with Crippen LogP contribution >= 0.6 is 0 Å². The molecule has 2 aromatic carbocycles. The summed E-state index contributed by atoms with van der Waals surface area (Å²) in [5, 5.41) is 6.43. The third-order valence-corrected chi connectivity index (χ3v) is 3.73. The van der Waals surface area contributed by atoms with Crippen LogP contribution in [0.25, 0.3) is 0 Å². The first kappa shape index (κ1) is 16.0. The average molecular weight is 350 g/mol. The highest BCUT2D eigenvalue weighted by molar-refractivity contribution is 5.65. The smallest absolute Gasteiger partial charge is 0.231 e. The van der Waals surface area contributed by atoms with Gasteiger partial charge in [0.2, 0.25) is 12.7 Å². The van der Waals surface area contributed by atoms with Crippen LogP contribution in [0.4, 0.5) is 23.1 Å². The van der Waals surface area contributed by atoms with Crippen molar-refractivity contribution < 1.29 is 14.2 Å². The highest BCUT2D eigenvalue weighted by Gasteiger charge is 2.13.